The zero-order chi connectivity index (χ0) is 21.3. The molecule has 29 heavy (non-hydrogen) atoms. The van der Waals surface area contributed by atoms with Gasteiger partial charge < -0.3 is 9.84 Å². The second-order valence-corrected chi connectivity index (χ2v) is 6.48. The fourth-order valence-corrected chi connectivity index (χ4v) is 3.12. The second kappa shape index (κ2) is 7.68. The third kappa shape index (κ3) is 3.65. The van der Waals surface area contributed by atoms with E-state index >= 15 is 0 Å². The highest BCUT2D eigenvalue weighted by molar-refractivity contribution is 7.80. The highest BCUT2D eigenvalue weighted by atomic mass is 32.1. The number of ether oxygens (including phenoxy) is 1. The van der Waals surface area contributed by atoms with Gasteiger partial charge in [-0.25, -0.2) is 0 Å². The van der Waals surface area contributed by atoms with E-state index in [0.717, 1.165) is 11.6 Å². The minimum absolute atomic E-state index is 0.0688. The van der Waals surface area contributed by atoms with Gasteiger partial charge in [-0.3, -0.25) is 29.9 Å². The molecule has 2 N–H and O–H groups in total. The van der Waals surface area contributed by atoms with Gasteiger partial charge in [-0.1, -0.05) is 18.2 Å². The van der Waals surface area contributed by atoms with Crippen molar-refractivity contribution in [2.75, 3.05) is 12.0 Å². The standard InChI is InChI=1S/C19H15N3O6S/c1-10-5-3-4-6-13(10)21-18(25)12(17(24)20-19(21)29)7-11-8-14(22(26)27)16(23)15(9-11)28-2/h3-9,23H,1-2H3,(H,20,24,29). The number of phenols is 1. The van der Waals surface area contributed by atoms with Crippen molar-refractivity contribution >= 4 is 46.6 Å². The number of amides is 2. The van der Waals surface area contributed by atoms with Crippen LogP contribution in [0.1, 0.15) is 11.1 Å². The number of methoxy groups -OCH3 is 1. The number of nitro groups is 1. The third-order valence-electron chi connectivity index (χ3n) is 4.26. The van der Waals surface area contributed by atoms with Crippen LogP contribution in [0.2, 0.25) is 0 Å². The quantitative estimate of drug-likeness (QED) is 0.260. The van der Waals surface area contributed by atoms with E-state index in [0.29, 0.717) is 5.69 Å². The van der Waals surface area contributed by atoms with Gasteiger partial charge in [0.05, 0.1) is 17.7 Å². The van der Waals surface area contributed by atoms with E-state index in [2.05, 4.69) is 5.32 Å². The van der Waals surface area contributed by atoms with Crippen molar-refractivity contribution in [2.45, 2.75) is 6.92 Å². The first-order valence-corrected chi connectivity index (χ1v) is 8.68. The number of nitrogens with one attached hydrogen (secondary N) is 1. The molecule has 2 amide bonds. The van der Waals surface area contributed by atoms with Gasteiger partial charge in [0, 0.05) is 6.07 Å². The van der Waals surface area contributed by atoms with Crippen molar-refractivity contribution in [3.63, 3.8) is 0 Å². The number of hydrogen-bond donors (Lipinski definition) is 2. The van der Waals surface area contributed by atoms with Gasteiger partial charge in [-0.15, -0.1) is 0 Å². The molecule has 1 aliphatic rings. The summed E-state index contributed by atoms with van der Waals surface area (Å²) in [5.74, 6) is -2.23. The van der Waals surface area contributed by atoms with Gasteiger partial charge in [0.15, 0.2) is 10.9 Å². The van der Waals surface area contributed by atoms with E-state index in [1.54, 1.807) is 31.2 Å². The van der Waals surface area contributed by atoms with Crippen LogP contribution in [0.25, 0.3) is 6.08 Å². The molecule has 1 heterocycles. The van der Waals surface area contributed by atoms with Crippen molar-refractivity contribution in [1.82, 2.24) is 5.32 Å². The lowest BCUT2D eigenvalue weighted by molar-refractivity contribution is -0.386. The molecule has 0 radical (unpaired) electrons. The number of phenolic OH excluding ortho intramolecular Hbond substituents is 1. The summed E-state index contributed by atoms with van der Waals surface area (Å²) in [7, 11) is 1.23. The Kier molecular flexibility index (Phi) is 5.29. The fraction of sp³-hybridized carbons (Fsp3) is 0.105. The molecule has 2 aromatic rings. The van der Waals surface area contributed by atoms with Crippen LogP contribution in [0.4, 0.5) is 11.4 Å². The lowest BCUT2D eigenvalue weighted by atomic mass is 10.0. The first kappa shape index (κ1) is 20.0. The maximum absolute atomic E-state index is 13.0. The van der Waals surface area contributed by atoms with E-state index in [1.165, 1.54) is 24.2 Å². The molecule has 0 bridgehead atoms. The number of carbonyl (C=O) groups is 2. The highest BCUT2D eigenvalue weighted by Gasteiger charge is 2.35. The number of para-hydroxylation sites is 1. The smallest absolute Gasteiger partial charge is 0.315 e. The SMILES string of the molecule is COc1cc(C=C2C(=O)NC(=S)N(c3ccccc3C)C2=O)cc([N+](=O)[O-])c1O. The number of aromatic hydroxyl groups is 1. The molecule has 0 saturated carbocycles. The topological polar surface area (TPSA) is 122 Å². The Morgan fingerprint density at radius 2 is 1.97 bits per heavy atom. The molecule has 0 aromatic heterocycles. The number of benzene rings is 2. The predicted molar refractivity (Wildman–Crippen MR) is 109 cm³/mol. The van der Waals surface area contributed by atoms with Gasteiger partial charge in [0.25, 0.3) is 11.8 Å². The van der Waals surface area contributed by atoms with Crippen molar-refractivity contribution in [3.8, 4) is 11.5 Å². The van der Waals surface area contributed by atoms with Crippen LogP contribution in [0.3, 0.4) is 0 Å². The Morgan fingerprint density at radius 1 is 1.28 bits per heavy atom. The number of rotatable bonds is 4. The summed E-state index contributed by atoms with van der Waals surface area (Å²) in [4.78, 5) is 37.0. The predicted octanol–water partition coefficient (Wildman–Crippen LogP) is 2.45. The van der Waals surface area contributed by atoms with Gasteiger partial charge in [-0.05, 0) is 48.5 Å². The molecule has 0 spiro atoms. The van der Waals surface area contributed by atoms with E-state index in [-0.39, 0.29) is 22.0 Å². The summed E-state index contributed by atoms with van der Waals surface area (Å²) >= 11 is 5.16. The number of thiocarbonyl (C=S) groups is 1. The molecular formula is C19H15N3O6S. The number of aryl methyl sites for hydroxylation is 1. The first-order valence-electron chi connectivity index (χ1n) is 8.27. The summed E-state index contributed by atoms with van der Waals surface area (Å²) in [6.45, 7) is 1.79. The van der Waals surface area contributed by atoms with Crippen LogP contribution in [0.15, 0.2) is 42.0 Å². The lowest BCUT2D eigenvalue weighted by Crippen LogP contribution is -2.54. The molecule has 9 nitrogen and oxygen atoms in total. The summed E-state index contributed by atoms with van der Waals surface area (Å²) in [6, 6.07) is 9.32. The van der Waals surface area contributed by atoms with Gasteiger partial charge in [-0.2, -0.15) is 0 Å². The summed E-state index contributed by atoms with van der Waals surface area (Å²) in [5, 5.41) is 23.4. The van der Waals surface area contributed by atoms with Crippen LogP contribution >= 0.6 is 12.2 Å². The van der Waals surface area contributed by atoms with Gasteiger partial charge in [0.1, 0.15) is 5.57 Å². The number of carbonyl (C=O) groups excluding carboxylic acids is 2. The maximum Gasteiger partial charge on any atom is 0.315 e. The zero-order valence-electron chi connectivity index (χ0n) is 15.3. The van der Waals surface area contributed by atoms with Crippen LogP contribution in [-0.4, -0.2) is 34.1 Å². The monoisotopic (exact) mass is 413 g/mol. The lowest BCUT2D eigenvalue weighted by Gasteiger charge is -2.30. The van der Waals surface area contributed by atoms with Crippen molar-refractivity contribution in [1.29, 1.82) is 0 Å². The van der Waals surface area contributed by atoms with Crippen LogP contribution in [-0.2, 0) is 9.59 Å². The molecule has 3 rings (SSSR count). The second-order valence-electron chi connectivity index (χ2n) is 6.09. The van der Waals surface area contributed by atoms with E-state index in [1.807, 2.05) is 0 Å². The van der Waals surface area contributed by atoms with E-state index in [9.17, 15) is 24.8 Å². The highest BCUT2D eigenvalue weighted by Crippen LogP contribution is 2.37. The number of anilines is 1. The fourth-order valence-electron chi connectivity index (χ4n) is 2.85. The largest absolute Gasteiger partial charge is 0.500 e. The molecule has 148 valence electrons. The Balaban J connectivity index is 2.11. The van der Waals surface area contributed by atoms with Crippen molar-refractivity contribution in [3.05, 3.63) is 63.2 Å². The van der Waals surface area contributed by atoms with Gasteiger partial charge >= 0.3 is 5.69 Å². The number of nitrogens with zero attached hydrogens (tertiary/aromatic N) is 2. The Hall–Kier alpha value is -3.79. The normalized spacial score (nSPS) is 15.4. The number of hydrogen-bond acceptors (Lipinski definition) is 7. The molecule has 0 atom stereocenters. The summed E-state index contributed by atoms with van der Waals surface area (Å²) in [6.07, 6.45) is 1.18. The zero-order valence-corrected chi connectivity index (χ0v) is 16.1. The Labute approximate surface area is 170 Å². The minimum Gasteiger partial charge on any atom is -0.500 e. The van der Waals surface area contributed by atoms with E-state index < -0.39 is 28.2 Å². The molecule has 0 aliphatic carbocycles. The molecule has 1 saturated heterocycles. The Bertz CT molecular complexity index is 1100. The molecule has 10 heteroatoms. The maximum atomic E-state index is 13.0. The first-order chi connectivity index (χ1) is 13.7. The molecule has 2 aromatic carbocycles. The molecule has 1 aliphatic heterocycles. The molecule has 0 unspecified atom stereocenters. The minimum atomic E-state index is -0.794. The van der Waals surface area contributed by atoms with Crippen molar-refractivity contribution < 1.29 is 24.4 Å². The van der Waals surface area contributed by atoms with Crippen molar-refractivity contribution in [2.24, 2.45) is 0 Å². The number of nitro benzene ring substituents is 1. The molecule has 1 fully saturated rings. The van der Waals surface area contributed by atoms with E-state index in [4.69, 9.17) is 17.0 Å². The van der Waals surface area contributed by atoms with Crippen LogP contribution < -0.4 is 15.0 Å². The summed E-state index contributed by atoms with van der Waals surface area (Å²) in [5.41, 5.74) is 0.501. The van der Waals surface area contributed by atoms with Crippen LogP contribution in [0, 0.1) is 17.0 Å². The Morgan fingerprint density at radius 3 is 2.59 bits per heavy atom. The summed E-state index contributed by atoms with van der Waals surface area (Å²) < 4.78 is 4.94. The van der Waals surface area contributed by atoms with Gasteiger partial charge in [0.2, 0.25) is 5.75 Å². The third-order valence-corrected chi connectivity index (χ3v) is 4.55. The average Bonchev–Trinajstić information content (AvgIpc) is 2.67. The van der Waals surface area contributed by atoms with Crippen LogP contribution in [0.5, 0.6) is 11.5 Å². The molecular weight excluding hydrogens is 398 g/mol. The average molecular weight is 413 g/mol.